The van der Waals surface area contributed by atoms with Crippen molar-refractivity contribution in [1.29, 1.82) is 0 Å². The highest BCUT2D eigenvalue weighted by atomic mass is 16.6. The zero-order chi connectivity index (χ0) is 10.4. The molecule has 0 fully saturated rings. The van der Waals surface area contributed by atoms with E-state index in [1.807, 2.05) is 12.2 Å². The van der Waals surface area contributed by atoms with Crippen LogP contribution in [0.1, 0.15) is 25.7 Å². The van der Waals surface area contributed by atoms with E-state index >= 15 is 0 Å². The van der Waals surface area contributed by atoms with Crippen LogP contribution in [0.5, 0.6) is 0 Å². The van der Waals surface area contributed by atoms with Crippen molar-refractivity contribution in [3.05, 3.63) is 12.2 Å². The van der Waals surface area contributed by atoms with Gasteiger partial charge in [-0.05, 0) is 18.9 Å². The molecule has 0 radical (unpaired) electrons. The van der Waals surface area contributed by atoms with E-state index in [-0.39, 0.29) is 11.9 Å². The zero-order valence-electron chi connectivity index (χ0n) is 8.29. The summed E-state index contributed by atoms with van der Waals surface area (Å²) in [6.07, 6.45) is 5.45. The highest BCUT2D eigenvalue weighted by Crippen LogP contribution is 2.11. The summed E-state index contributed by atoms with van der Waals surface area (Å²) in [4.78, 5) is 22.1. The lowest BCUT2D eigenvalue weighted by Gasteiger charge is -2.15. The third-order valence-electron chi connectivity index (χ3n) is 2.11. The average Bonchev–Trinajstić information content (AvgIpc) is 2.16. The first kappa shape index (κ1) is 10.8. The Morgan fingerprint density at radius 1 is 1.57 bits per heavy atom. The number of ketones is 1. The van der Waals surface area contributed by atoms with Crippen LogP contribution in [0.3, 0.4) is 0 Å². The van der Waals surface area contributed by atoms with Gasteiger partial charge in [-0.15, -0.1) is 0 Å². The van der Waals surface area contributed by atoms with Crippen molar-refractivity contribution in [3.63, 3.8) is 0 Å². The standard InChI is InChI=1S/C10H15NO3/c1-11-10(13)14-9-5-3-2-4-8(12)6-7-9/h3,5,9H,2,4,6-7H2,1H3,(H,11,13)/b5-3+. The van der Waals surface area contributed by atoms with Crippen LogP contribution in [0.15, 0.2) is 12.2 Å². The number of hydrogen-bond donors (Lipinski definition) is 1. The molecule has 0 spiro atoms. The maximum absolute atomic E-state index is 11.1. The van der Waals surface area contributed by atoms with Crippen molar-refractivity contribution in [3.8, 4) is 0 Å². The molecule has 1 aliphatic carbocycles. The molecular weight excluding hydrogens is 182 g/mol. The second-order valence-corrected chi connectivity index (χ2v) is 3.24. The van der Waals surface area contributed by atoms with Gasteiger partial charge < -0.3 is 10.1 Å². The Morgan fingerprint density at radius 3 is 3.07 bits per heavy atom. The van der Waals surface area contributed by atoms with E-state index < -0.39 is 6.09 Å². The number of hydrogen-bond acceptors (Lipinski definition) is 3. The van der Waals surface area contributed by atoms with Crippen LogP contribution >= 0.6 is 0 Å². The molecule has 1 atom stereocenters. The molecule has 0 heterocycles. The Balaban J connectivity index is 2.46. The van der Waals surface area contributed by atoms with Crippen molar-refractivity contribution in [1.82, 2.24) is 5.32 Å². The molecule has 1 amide bonds. The third kappa shape index (κ3) is 3.60. The molecule has 78 valence electrons. The van der Waals surface area contributed by atoms with Gasteiger partial charge in [0, 0.05) is 19.9 Å². The van der Waals surface area contributed by atoms with Gasteiger partial charge in [-0.3, -0.25) is 4.79 Å². The molecule has 1 rings (SSSR count). The van der Waals surface area contributed by atoms with Gasteiger partial charge in [0.05, 0.1) is 0 Å². The monoisotopic (exact) mass is 197 g/mol. The molecule has 0 aromatic carbocycles. The lowest BCUT2D eigenvalue weighted by atomic mass is 10.0. The number of amides is 1. The van der Waals surface area contributed by atoms with E-state index in [0.29, 0.717) is 19.3 Å². The van der Waals surface area contributed by atoms with Crippen LogP contribution in [-0.2, 0) is 9.53 Å². The fourth-order valence-electron chi connectivity index (χ4n) is 1.31. The van der Waals surface area contributed by atoms with Crippen LogP contribution in [-0.4, -0.2) is 25.0 Å². The van der Waals surface area contributed by atoms with Crippen molar-refractivity contribution in [2.24, 2.45) is 0 Å². The summed E-state index contributed by atoms with van der Waals surface area (Å²) < 4.78 is 5.04. The molecule has 0 bridgehead atoms. The van der Waals surface area contributed by atoms with E-state index in [1.54, 1.807) is 0 Å². The predicted octanol–water partition coefficient (Wildman–Crippen LogP) is 1.41. The van der Waals surface area contributed by atoms with E-state index in [2.05, 4.69) is 5.32 Å². The first-order valence-electron chi connectivity index (χ1n) is 4.79. The van der Waals surface area contributed by atoms with Crippen molar-refractivity contribution in [2.75, 3.05) is 7.05 Å². The highest BCUT2D eigenvalue weighted by molar-refractivity contribution is 5.78. The summed E-state index contributed by atoms with van der Waals surface area (Å²) >= 11 is 0. The van der Waals surface area contributed by atoms with Gasteiger partial charge in [-0.25, -0.2) is 4.79 Å². The molecule has 1 aliphatic rings. The molecule has 0 saturated carbocycles. The van der Waals surface area contributed by atoms with E-state index in [4.69, 9.17) is 4.74 Å². The third-order valence-corrected chi connectivity index (χ3v) is 2.11. The van der Waals surface area contributed by atoms with Crippen molar-refractivity contribution >= 4 is 11.9 Å². The zero-order valence-corrected chi connectivity index (χ0v) is 8.29. The van der Waals surface area contributed by atoms with Gasteiger partial charge in [-0.2, -0.15) is 0 Å². The number of Topliss-reactive ketones (excluding diaryl/α,β-unsaturated/α-hetero) is 1. The van der Waals surface area contributed by atoms with Gasteiger partial charge in [0.2, 0.25) is 0 Å². The Morgan fingerprint density at radius 2 is 2.36 bits per heavy atom. The number of ether oxygens (including phenoxy) is 1. The Hall–Kier alpha value is -1.32. The summed E-state index contributed by atoms with van der Waals surface area (Å²) in [7, 11) is 1.51. The normalized spacial score (nSPS) is 24.6. The van der Waals surface area contributed by atoms with E-state index in [0.717, 1.165) is 6.42 Å². The van der Waals surface area contributed by atoms with Gasteiger partial charge >= 0.3 is 6.09 Å². The molecule has 1 N–H and O–H groups in total. The largest absolute Gasteiger partial charge is 0.442 e. The first-order chi connectivity index (χ1) is 6.72. The van der Waals surface area contributed by atoms with Crippen LogP contribution in [0.2, 0.25) is 0 Å². The summed E-state index contributed by atoms with van der Waals surface area (Å²) in [6.45, 7) is 0. The molecule has 1 unspecified atom stereocenters. The second-order valence-electron chi connectivity index (χ2n) is 3.24. The average molecular weight is 197 g/mol. The minimum Gasteiger partial charge on any atom is -0.442 e. The maximum Gasteiger partial charge on any atom is 0.407 e. The molecule has 0 saturated heterocycles. The number of rotatable bonds is 1. The molecular formula is C10H15NO3. The highest BCUT2D eigenvalue weighted by Gasteiger charge is 2.14. The Labute approximate surface area is 83.3 Å². The summed E-state index contributed by atoms with van der Waals surface area (Å²) in [5, 5.41) is 2.38. The fraction of sp³-hybridized carbons (Fsp3) is 0.600. The molecule has 14 heavy (non-hydrogen) atoms. The van der Waals surface area contributed by atoms with Gasteiger partial charge in [0.25, 0.3) is 0 Å². The maximum atomic E-state index is 11.1. The molecule has 0 aromatic rings. The van der Waals surface area contributed by atoms with Crippen LogP contribution < -0.4 is 5.32 Å². The van der Waals surface area contributed by atoms with Gasteiger partial charge in [0.1, 0.15) is 11.9 Å². The smallest absolute Gasteiger partial charge is 0.407 e. The van der Waals surface area contributed by atoms with Gasteiger partial charge in [0.15, 0.2) is 0 Å². The summed E-state index contributed by atoms with van der Waals surface area (Å²) in [5.74, 6) is 0.236. The first-order valence-corrected chi connectivity index (χ1v) is 4.79. The topological polar surface area (TPSA) is 55.4 Å². The SMILES string of the molecule is CNC(=O)OC1/C=C/CCC(=O)CC1. The Bertz CT molecular complexity index is 248. The van der Waals surface area contributed by atoms with Gasteiger partial charge in [-0.1, -0.05) is 6.08 Å². The lowest BCUT2D eigenvalue weighted by Crippen LogP contribution is -2.25. The summed E-state index contributed by atoms with van der Waals surface area (Å²) in [5.41, 5.74) is 0. The minimum absolute atomic E-state index is 0.236. The van der Waals surface area contributed by atoms with E-state index in [9.17, 15) is 9.59 Å². The lowest BCUT2D eigenvalue weighted by molar-refractivity contribution is -0.119. The molecule has 4 heteroatoms. The fourth-order valence-corrected chi connectivity index (χ4v) is 1.31. The van der Waals surface area contributed by atoms with Crippen LogP contribution in [0.4, 0.5) is 4.79 Å². The number of nitrogens with one attached hydrogen (secondary N) is 1. The molecule has 0 aliphatic heterocycles. The second kappa shape index (κ2) is 5.42. The quantitative estimate of drug-likeness (QED) is 0.646. The number of allylic oxidation sites excluding steroid dienone is 1. The van der Waals surface area contributed by atoms with E-state index in [1.165, 1.54) is 7.05 Å². The van der Waals surface area contributed by atoms with Crippen molar-refractivity contribution in [2.45, 2.75) is 31.8 Å². The molecule has 0 aromatic heterocycles. The number of carbonyl (C=O) groups excluding carboxylic acids is 2. The van der Waals surface area contributed by atoms with Crippen LogP contribution in [0, 0.1) is 0 Å². The Kier molecular flexibility index (Phi) is 4.16. The number of carbonyl (C=O) groups is 2. The predicted molar refractivity (Wildman–Crippen MR) is 51.9 cm³/mol. The minimum atomic E-state index is -0.451. The summed E-state index contributed by atoms with van der Waals surface area (Å²) in [6, 6.07) is 0. The molecule has 4 nitrogen and oxygen atoms in total. The van der Waals surface area contributed by atoms with Crippen LogP contribution in [0.25, 0.3) is 0 Å². The van der Waals surface area contributed by atoms with Crippen molar-refractivity contribution < 1.29 is 14.3 Å². The number of alkyl carbamates (subject to hydrolysis) is 1.